The number of nitrogens with one attached hydrogen (secondary N) is 1. The van der Waals surface area contributed by atoms with Crippen LogP contribution in [0, 0.1) is 0 Å². The molecule has 0 radical (unpaired) electrons. The number of carbonyl (C=O) groups excluding carboxylic acids is 1. The van der Waals surface area contributed by atoms with E-state index in [9.17, 15) is 9.59 Å². The predicted octanol–water partition coefficient (Wildman–Crippen LogP) is 3.82. The summed E-state index contributed by atoms with van der Waals surface area (Å²) in [7, 11) is 0. The van der Waals surface area contributed by atoms with Gasteiger partial charge in [-0.2, -0.15) is 0 Å². The van der Waals surface area contributed by atoms with E-state index < -0.39 is 5.97 Å². The van der Waals surface area contributed by atoms with Crippen molar-refractivity contribution in [1.82, 2.24) is 5.32 Å². The average Bonchev–Trinajstić information content (AvgIpc) is 3.08. The Bertz CT molecular complexity index is 741. The summed E-state index contributed by atoms with van der Waals surface area (Å²) < 4.78 is 10.7. The molecule has 0 saturated carbocycles. The fourth-order valence-corrected chi connectivity index (χ4v) is 3.26. The molecule has 7 heteroatoms. The molecule has 2 aromatic rings. The van der Waals surface area contributed by atoms with Gasteiger partial charge in [-0.3, -0.25) is 4.79 Å². The summed E-state index contributed by atoms with van der Waals surface area (Å²) in [6, 6.07) is 8.66. The van der Waals surface area contributed by atoms with Crippen LogP contribution < -0.4 is 5.32 Å². The van der Waals surface area contributed by atoms with Gasteiger partial charge in [-0.15, -0.1) is 11.8 Å². The first-order valence-corrected chi connectivity index (χ1v) is 9.39. The number of hydrogen-bond donors (Lipinski definition) is 2. The van der Waals surface area contributed by atoms with E-state index in [2.05, 4.69) is 5.32 Å². The minimum atomic E-state index is -1.02. The smallest absolute Gasteiger partial charge is 0.339 e. The summed E-state index contributed by atoms with van der Waals surface area (Å²) in [5.41, 5.74) is 0.704. The molecule has 2 N–H and O–H groups in total. The van der Waals surface area contributed by atoms with Crippen LogP contribution in [0.3, 0.4) is 0 Å². The molecular formula is C19H23NO5S. The third-order valence-electron chi connectivity index (χ3n) is 3.52. The van der Waals surface area contributed by atoms with E-state index in [0.717, 1.165) is 11.3 Å². The van der Waals surface area contributed by atoms with Crippen LogP contribution in [-0.2, 0) is 10.5 Å². The second-order valence-corrected chi connectivity index (χ2v) is 6.89. The van der Waals surface area contributed by atoms with Crippen molar-refractivity contribution in [3.63, 3.8) is 0 Å². The van der Waals surface area contributed by atoms with Crippen LogP contribution >= 0.6 is 11.8 Å². The Morgan fingerprint density at radius 3 is 2.73 bits per heavy atom. The predicted molar refractivity (Wildman–Crippen MR) is 99.7 cm³/mol. The van der Waals surface area contributed by atoms with Crippen molar-refractivity contribution in [2.45, 2.75) is 37.0 Å². The van der Waals surface area contributed by atoms with Gasteiger partial charge < -0.3 is 19.6 Å². The third kappa shape index (κ3) is 5.93. The van der Waals surface area contributed by atoms with E-state index >= 15 is 0 Å². The molecule has 0 aliphatic carbocycles. The standard InChI is InChI=1S/C19H23NO5S/c1-13(2)24-10-5-9-20-18(21)15-6-3-4-7-17(15)26-12-16-14(19(22)23)8-11-25-16/h3-4,6-8,11,13H,5,9-10,12H2,1-2H3,(H,20,21)(H,22,23). The van der Waals surface area contributed by atoms with E-state index in [0.29, 0.717) is 30.2 Å². The number of amides is 1. The second kappa shape index (κ2) is 10.0. The van der Waals surface area contributed by atoms with E-state index in [4.69, 9.17) is 14.3 Å². The molecule has 0 atom stereocenters. The Morgan fingerprint density at radius 2 is 2.00 bits per heavy atom. The first-order chi connectivity index (χ1) is 12.5. The third-order valence-corrected chi connectivity index (χ3v) is 4.60. The van der Waals surface area contributed by atoms with Crippen LogP contribution in [0.25, 0.3) is 0 Å². The van der Waals surface area contributed by atoms with Crippen molar-refractivity contribution >= 4 is 23.6 Å². The van der Waals surface area contributed by atoms with Crippen LogP contribution in [0.5, 0.6) is 0 Å². The Balaban J connectivity index is 1.93. The number of aromatic carboxylic acids is 1. The van der Waals surface area contributed by atoms with Gasteiger partial charge in [0.1, 0.15) is 11.3 Å². The summed E-state index contributed by atoms with van der Waals surface area (Å²) in [5.74, 6) is -0.468. The van der Waals surface area contributed by atoms with Crippen LogP contribution in [0.4, 0.5) is 0 Å². The molecule has 0 spiro atoms. The highest BCUT2D eigenvalue weighted by atomic mass is 32.2. The minimum absolute atomic E-state index is 0.143. The van der Waals surface area contributed by atoms with Gasteiger partial charge in [-0.1, -0.05) is 12.1 Å². The molecule has 140 valence electrons. The molecule has 0 unspecified atom stereocenters. The van der Waals surface area contributed by atoms with Crippen LogP contribution in [0.15, 0.2) is 45.9 Å². The fraction of sp³-hybridized carbons (Fsp3) is 0.368. The SMILES string of the molecule is CC(C)OCCCNC(=O)c1ccccc1SCc1occc1C(=O)O. The topological polar surface area (TPSA) is 88.8 Å². The van der Waals surface area contributed by atoms with Crippen molar-refractivity contribution in [3.8, 4) is 0 Å². The summed E-state index contributed by atoms with van der Waals surface area (Å²) >= 11 is 1.37. The van der Waals surface area contributed by atoms with Gasteiger partial charge in [0, 0.05) is 18.0 Å². The van der Waals surface area contributed by atoms with Gasteiger partial charge in [0.25, 0.3) is 5.91 Å². The minimum Gasteiger partial charge on any atom is -0.478 e. The zero-order valence-electron chi connectivity index (χ0n) is 14.9. The lowest BCUT2D eigenvalue weighted by Crippen LogP contribution is -2.26. The van der Waals surface area contributed by atoms with Gasteiger partial charge in [-0.05, 0) is 38.5 Å². The van der Waals surface area contributed by atoms with Crippen molar-refractivity contribution in [2.75, 3.05) is 13.2 Å². The summed E-state index contributed by atoms with van der Waals surface area (Å²) in [6.45, 7) is 5.08. The Labute approximate surface area is 156 Å². The van der Waals surface area contributed by atoms with E-state index in [-0.39, 0.29) is 17.6 Å². The highest BCUT2D eigenvalue weighted by Crippen LogP contribution is 2.28. The molecule has 1 amide bonds. The molecule has 1 aromatic carbocycles. The number of hydrogen-bond acceptors (Lipinski definition) is 5. The van der Waals surface area contributed by atoms with Gasteiger partial charge in [0.15, 0.2) is 0 Å². The molecule has 0 aliphatic rings. The van der Waals surface area contributed by atoms with Gasteiger partial charge in [0.05, 0.1) is 23.7 Å². The molecule has 2 rings (SSSR count). The fourth-order valence-electron chi connectivity index (χ4n) is 2.25. The van der Waals surface area contributed by atoms with E-state index in [1.165, 1.54) is 24.1 Å². The first-order valence-electron chi connectivity index (χ1n) is 8.40. The number of furan rings is 1. The Hall–Kier alpha value is -2.25. The lowest BCUT2D eigenvalue weighted by molar-refractivity contribution is 0.0693. The summed E-state index contributed by atoms with van der Waals surface area (Å²) in [5, 5.41) is 12.0. The normalized spacial score (nSPS) is 10.9. The second-order valence-electron chi connectivity index (χ2n) is 5.88. The zero-order valence-corrected chi connectivity index (χ0v) is 15.7. The molecule has 6 nitrogen and oxygen atoms in total. The van der Waals surface area contributed by atoms with Crippen molar-refractivity contribution in [2.24, 2.45) is 0 Å². The highest BCUT2D eigenvalue weighted by molar-refractivity contribution is 7.98. The van der Waals surface area contributed by atoms with Crippen LogP contribution in [0.1, 0.15) is 46.7 Å². The van der Waals surface area contributed by atoms with Gasteiger partial charge >= 0.3 is 5.97 Å². The molecule has 1 aromatic heterocycles. The number of thioether (sulfide) groups is 1. The zero-order chi connectivity index (χ0) is 18.9. The first kappa shape index (κ1) is 20.1. The highest BCUT2D eigenvalue weighted by Gasteiger charge is 2.16. The molecule has 0 aliphatic heterocycles. The molecule has 1 heterocycles. The quantitative estimate of drug-likeness (QED) is 0.483. The molecule has 0 bridgehead atoms. The molecular weight excluding hydrogens is 354 g/mol. The number of ether oxygens (including phenoxy) is 1. The van der Waals surface area contributed by atoms with E-state index in [1.54, 1.807) is 12.1 Å². The number of carbonyl (C=O) groups is 2. The average molecular weight is 377 g/mol. The number of carboxylic acids is 1. The molecule has 0 fully saturated rings. The lowest BCUT2D eigenvalue weighted by Gasteiger charge is -2.11. The number of carboxylic acid groups (broad SMARTS) is 1. The largest absolute Gasteiger partial charge is 0.478 e. The van der Waals surface area contributed by atoms with Gasteiger partial charge in [0.2, 0.25) is 0 Å². The lowest BCUT2D eigenvalue weighted by atomic mass is 10.2. The molecule has 26 heavy (non-hydrogen) atoms. The maximum absolute atomic E-state index is 12.4. The van der Waals surface area contributed by atoms with E-state index in [1.807, 2.05) is 26.0 Å². The van der Waals surface area contributed by atoms with Gasteiger partial charge in [-0.25, -0.2) is 4.79 Å². The summed E-state index contributed by atoms with van der Waals surface area (Å²) in [6.07, 6.45) is 2.28. The van der Waals surface area contributed by atoms with Crippen LogP contribution in [0.2, 0.25) is 0 Å². The van der Waals surface area contributed by atoms with Crippen LogP contribution in [-0.4, -0.2) is 36.2 Å². The Kier molecular flexibility index (Phi) is 7.74. The summed E-state index contributed by atoms with van der Waals surface area (Å²) in [4.78, 5) is 24.3. The Morgan fingerprint density at radius 1 is 1.23 bits per heavy atom. The maximum Gasteiger partial charge on any atom is 0.339 e. The van der Waals surface area contributed by atoms with Crippen molar-refractivity contribution < 1.29 is 23.8 Å². The maximum atomic E-state index is 12.4. The van der Waals surface area contributed by atoms with Crippen molar-refractivity contribution in [3.05, 3.63) is 53.5 Å². The number of rotatable bonds is 10. The van der Waals surface area contributed by atoms with Crippen molar-refractivity contribution in [1.29, 1.82) is 0 Å². The monoisotopic (exact) mass is 377 g/mol. The number of benzene rings is 1. The molecule has 0 saturated heterocycles.